The lowest BCUT2D eigenvalue weighted by molar-refractivity contribution is 0.0151. The van der Waals surface area contributed by atoms with Gasteiger partial charge in [0.2, 0.25) is 0 Å². The third-order valence-electron chi connectivity index (χ3n) is 3.85. The van der Waals surface area contributed by atoms with Gasteiger partial charge in [-0.05, 0) is 18.9 Å². The van der Waals surface area contributed by atoms with Crippen molar-refractivity contribution in [2.45, 2.75) is 47.3 Å². The molecule has 1 atom stereocenters. The Bertz CT molecular complexity index is 501. The van der Waals surface area contributed by atoms with Crippen LogP contribution in [0.25, 0.3) is 0 Å². The Balaban J connectivity index is 2.49. The fraction of sp³-hybridized carbons (Fsp3) is 0.611. The molecule has 130 valence electrons. The number of carbonyl (C=O) groups excluding carboxylic acids is 1. The SMILES string of the molecule is CCOc1ccccc1CNC(=O)NCC(C)(C)C(O)C(C)C. The molecule has 0 aliphatic rings. The van der Waals surface area contributed by atoms with Crippen LogP contribution in [0, 0.1) is 11.3 Å². The van der Waals surface area contributed by atoms with Gasteiger partial charge in [-0.3, -0.25) is 0 Å². The summed E-state index contributed by atoms with van der Waals surface area (Å²) in [5, 5.41) is 15.8. The summed E-state index contributed by atoms with van der Waals surface area (Å²) in [6, 6.07) is 7.39. The van der Waals surface area contributed by atoms with Crippen molar-refractivity contribution in [3.05, 3.63) is 29.8 Å². The number of aliphatic hydroxyl groups is 1. The van der Waals surface area contributed by atoms with E-state index in [1.54, 1.807) is 0 Å². The summed E-state index contributed by atoms with van der Waals surface area (Å²) in [7, 11) is 0. The molecule has 1 aromatic rings. The third kappa shape index (κ3) is 6.10. The van der Waals surface area contributed by atoms with E-state index in [1.165, 1.54) is 0 Å². The quantitative estimate of drug-likeness (QED) is 0.689. The molecule has 3 N–H and O–H groups in total. The van der Waals surface area contributed by atoms with Crippen LogP contribution in [-0.2, 0) is 6.54 Å². The molecule has 0 fully saturated rings. The molecule has 1 rings (SSSR count). The molecule has 0 spiro atoms. The van der Waals surface area contributed by atoms with Crippen molar-refractivity contribution >= 4 is 6.03 Å². The first-order valence-electron chi connectivity index (χ1n) is 8.18. The molecule has 1 unspecified atom stereocenters. The van der Waals surface area contributed by atoms with Gasteiger partial charge in [-0.25, -0.2) is 4.79 Å². The highest BCUT2D eigenvalue weighted by Crippen LogP contribution is 2.25. The maximum absolute atomic E-state index is 12.0. The van der Waals surface area contributed by atoms with Gasteiger partial charge in [0, 0.05) is 24.1 Å². The van der Waals surface area contributed by atoms with E-state index >= 15 is 0 Å². The molecule has 0 saturated carbocycles. The van der Waals surface area contributed by atoms with Crippen molar-refractivity contribution in [1.82, 2.24) is 10.6 Å². The molecule has 0 aromatic heterocycles. The number of urea groups is 1. The minimum absolute atomic E-state index is 0.146. The first kappa shape index (κ1) is 19.3. The zero-order valence-corrected chi connectivity index (χ0v) is 14.8. The van der Waals surface area contributed by atoms with Crippen LogP contribution in [0.3, 0.4) is 0 Å². The van der Waals surface area contributed by atoms with Crippen LogP contribution in [-0.4, -0.2) is 30.4 Å². The zero-order chi connectivity index (χ0) is 17.5. The highest BCUT2D eigenvalue weighted by Gasteiger charge is 2.30. The molecule has 2 amide bonds. The maximum atomic E-state index is 12.0. The Morgan fingerprint density at radius 2 is 1.91 bits per heavy atom. The number of para-hydroxylation sites is 1. The van der Waals surface area contributed by atoms with Crippen LogP contribution >= 0.6 is 0 Å². The van der Waals surface area contributed by atoms with Crippen LogP contribution in [0.5, 0.6) is 5.75 Å². The number of rotatable bonds is 8. The number of carbonyl (C=O) groups is 1. The second kappa shape index (κ2) is 8.77. The number of benzene rings is 1. The summed E-state index contributed by atoms with van der Waals surface area (Å²) >= 11 is 0. The van der Waals surface area contributed by atoms with Gasteiger partial charge < -0.3 is 20.5 Å². The summed E-state index contributed by atoms with van der Waals surface area (Å²) in [5.41, 5.74) is 0.556. The average Bonchev–Trinajstić information content (AvgIpc) is 2.51. The Morgan fingerprint density at radius 3 is 2.52 bits per heavy atom. The van der Waals surface area contributed by atoms with Crippen molar-refractivity contribution in [2.75, 3.05) is 13.2 Å². The Hall–Kier alpha value is -1.75. The number of amides is 2. The van der Waals surface area contributed by atoms with Crippen LogP contribution in [0.1, 0.15) is 40.2 Å². The molecule has 5 nitrogen and oxygen atoms in total. The van der Waals surface area contributed by atoms with Gasteiger partial charge >= 0.3 is 6.03 Å². The van der Waals surface area contributed by atoms with E-state index in [9.17, 15) is 9.90 Å². The minimum Gasteiger partial charge on any atom is -0.494 e. The smallest absolute Gasteiger partial charge is 0.315 e. The Morgan fingerprint density at radius 1 is 1.26 bits per heavy atom. The number of aliphatic hydroxyl groups excluding tert-OH is 1. The van der Waals surface area contributed by atoms with Gasteiger partial charge in [0.15, 0.2) is 0 Å². The molecule has 0 bridgehead atoms. The zero-order valence-electron chi connectivity index (χ0n) is 14.8. The predicted molar refractivity (Wildman–Crippen MR) is 92.5 cm³/mol. The van der Waals surface area contributed by atoms with E-state index in [1.807, 2.05) is 58.9 Å². The van der Waals surface area contributed by atoms with Gasteiger partial charge in [-0.2, -0.15) is 0 Å². The second-order valence-corrected chi connectivity index (χ2v) is 6.75. The molecule has 23 heavy (non-hydrogen) atoms. The molecular formula is C18H30N2O3. The molecule has 0 aliphatic heterocycles. The fourth-order valence-electron chi connectivity index (χ4n) is 2.50. The first-order chi connectivity index (χ1) is 10.8. The fourth-order valence-corrected chi connectivity index (χ4v) is 2.50. The van der Waals surface area contributed by atoms with Gasteiger partial charge in [-0.15, -0.1) is 0 Å². The molecule has 0 saturated heterocycles. The van der Waals surface area contributed by atoms with Crippen LogP contribution < -0.4 is 15.4 Å². The number of hydrogen-bond acceptors (Lipinski definition) is 3. The second-order valence-electron chi connectivity index (χ2n) is 6.75. The van der Waals surface area contributed by atoms with Gasteiger partial charge in [0.25, 0.3) is 0 Å². The highest BCUT2D eigenvalue weighted by atomic mass is 16.5. The van der Waals surface area contributed by atoms with E-state index in [2.05, 4.69) is 10.6 Å². The monoisotopic (exact) mass is 322 g/mol. The lowest BCUT2D eigenvalue weighted by Crippen LogP contribution is -2.46. The summed E-state index contributed by atoms with van der Waals surface area (Å²) in [6.07, 6.45) is -0.471. The van der Waals surface area contributed by atoms with E-state index in [0.717, 1.165) is 11.3 Å². The van der Waals surface area contributed by atoms with E-state index < -0.39 is 6.10 Å². The third-order valence-corrected chi connectivity index (χ3v) is 3.85. The minimum atomic E-state index is -0.471. The van der Waals surface area contributed by atoms with Crippen molar-refractivity contribution in [1.29, 1.82) is 0 Å². The molecule has 1 aromatic carbocycles. The molecule has 0 aliphatic carbocycles. The van der Waals surface area contributed by atoms with Gasteiger partial charge in [-0.1, -0.05) is 45.9 Å². The topological polar surface area (TPSA) is 70.6 Å². The summed E-state index contributed by atoms with van der Waals surface area (Å²) < 4.78 is 5.54. The predicted octanol–water partition coefficient (Wildman–Crippen LogP) is 2.93. The van der Waals surface area contributed by atoms with Crippen molar-refractivity contribution in [3.8, 4) is 5.75 Å². The van der Waals surface area contributed by atoms with Crippen LogP contribution in [0.15, 0.2) is 24.3 Å². The molecule has 0 radical (unpaired) electrons. The lowest BCUT2D eigenvalue weighted by atomic mass is 9.81. The van der Waals surface area contributed by atoms with Crippen molar-refractivity contribution in [3.63, 3.8) is 0 Å². The van der Waals surface area contributed by atoms with Gasteiger partial charge in [0.1, 0.15) is 5.75 Å². The number of ether oxygens (including phenoxy) is 1. The van der Waals surface area contributed by atoms with Gasteiger partial charge in [0.05, 0.1) is 12.7 Å². The van der Waals surface area contributed by atoms with E-state index in [4.69, 9.17) is 4.74 Å². The van der Waals surface area contributed by atoms with Crippen molar-refractivity contribution < 1.29 is 14.6 Å². The summed E-state index contributed by atoms with van der Waals surface area (Å²) in [6.45, 7) is 11.2. The van der Waals surface area contributed by atoms with E-state index in [0.29, 0.717) is 19.7 Å². The summed E-state index contributed by atoms with van der Waals surface area (Å²) in [5.74, 6) is 0.929. The highest BCUT2D eigenvalue weighted by molar-refractivity contribution is 5.73. The first-order valence-corrected chi connectivity index (χ1v) is 8.18. The molecular weight excluding hydrogens is 292 g/mol. The van der Waals surface area contributed by atoms with Crippen LogP contribution in [0.4, 0.5) is 4.79 Å². The molecule has 0 heterocycles. The lowest BCUT2D eigenvalue weighted by Gasteiger charge is -2.33. The largest absolute Gasteiger partial charge is 0.494 e. The summed E-state index contributed by atoms with van der Waals surface area (Å²) in [4.78, 5) is 12.0. The molecule has 5 heteroatoms. The average molecular weight is 322 g/mol. The Labute approximate surface area is 139 Å². The van der Waals surface area contributed by atoms with Crippen molar-refractivity contribution in [2.24, 2.45) is 11.3 Å². The standard InChI is InChI=1S/C18H30N2O3/c1-6-23-15-10-8-7-9-14(15)11-19-17(22)20-12-18(4,5)16(21)13(2)3/h7-10,13,16,21H,6,11-12H2,1-5H3,(H2,19,20,22). The van der Waals surface area contributed by atoms with Crippen LogP contribution in [0.2, 0.25) is 0 Å². The normalized spacial score (nSPS) is 12.8. The number of hydrogen-bond donors (Lipinski definition) is 3. The van der Waals surface area contributed by atoms with E-state index in [-0.39, 0.29) is 17.4 Å². The number of nitrogens with one attached hydrogen (secondary N) is 2. The Kier molecular flexibility index (Phi) is 7.36. The maximum Gasteiger partial charge on any atom is 0.315 e.